The summed E-state index contributed by atoms with van der Waals surface area (Å²) in [4.78, 5) is 21.2. The van der Waals surface area contributed by atoms with Crippen molar-refractivity contribution in [3.63, 3.8) is 0 Å². The molecule has 0 bridgehead atoms. The van der Waals surface area contributed by atoms with Crippen LogP contribution in [0.25, 0.3) is 10.8 Å². The number of aromatic nitrogens is 2. The Hall–Kier alpha value is -2.14. The fourth-order valence-electron chi connectivity index (χ4n) is 2.25. The van der Waals surface area contributed by atoms with Crippen LogP contribution in [0.4, 0.5) is 0 Å². The molecule has 2 aromatic carbocycles. The summed E-state index contributed by atoms with van der Waals surface area (Å²) in [7, 11) is 1.77. The van der Waals surface area contributed by atoms with Crippen LogP contribution in [0.15, 0.2) is 53.3 Å². The van der Waals surface area contributed by atoms with Gasteiger partial charge in [-0.25, -0.2) is 4.98 Å². The summed E-state index contributed by atoms with van der Waals surface area (Å²) in [6.45, 7) is 0.463. The van der Waals surface area contributed by atoms with Gasteiger partial charge in [0.2, 0.25) is 0 Å². The van der Waals surface area contributed by atoms with Crippen molar-refractivity contribution in [1.29, 1.82) is 0 Å². The number of carbonyl (C=O) groups excluding carboxylic acids is 1. The molecule has 1 N–H and O–H groups in total. The molecule has 1 amide bonds. The number of fused-ring (bicyclic) bond motifs is 1. The van der Waals surface area contributed by atoms with Crippen molar-refractivity contribution in [2.75, 3.05) is 7.05 Å². The lowest BCUT2D eigenvalue weighted by Crippen LogP contribution is -2.26. The second-order valence-electron chi connectivity index (χ2n) is 4.90. The van der Waals surface area contributed by atoms with Gasteiger partial charge in [-0.2, -0.15) is 0 Å². The standard InChI is InChI=1S/C16H14BrN3O/c1-20(10-15-18-6-7-19-15)16(21)13-3-2-12-9-14(17)5-4-11(12)8-13/h2-9H,10H2,1H3,(H,18,19). The zero-order valence-corrected chi connectivity index (χ0v) is 13.1. The van der Waals surface area contributed by atoms with Gasteiger partial charge in [0, 0.05) is 29.5 Å². The van der Waals surface area contributed by atoms with Crippen LogP contribution in [0.2, 0.25) is 0 Å². The maximum absolute atomic E-state index is 12.5. The highest BCUT2D eigenvalue weighted by Crippen LogP contribution is 2.21. The summed E-state index contributed by atoms with van der Waals surface area (Å²) in [5, 5.41) is 2.16. The molecule has 0 radical (unpaired) electrons. The Bertz CT molecular complexity index is 783. The Balaban J connectivity index is 1.85. The number of hydrogen-bond donors (Lipinski definition) is 1. The van der Waals surface area contributed by atoms with Gasteiger partial charge < -0.3 is 9.88 Å². The van der Waals surface area contributed by atoms with Crippen molar-refractivity contribution in [2.45, 2.75) is 6.54 Å². The van der Waals surface area contributed by atoms with E-state index < -0.39 is 0 Å². The molecule has 0 fully saturated rings. The number of amides is 1. The summed E-state index contributed by atoms with van der Waals surface area (Å²) in [6.07, 6.45) is 3.43. The van der Waals surface area contributed by atoms with E-state index in [0.717, 1.165) is 21.1 Å². The minimum Gasteiger partial charge on any atom is -0.347 e. The van der Waals surface area contributed by atoms with Crippen molar-refractivity contribution < 1.29 is 4.79 Å². The zero-order valence-electron chi connectivity index (χ0n) is 11.5. The highest BCUT2D eigenvalue weighted by molar-refractivity contribution is 9.10. The van der Waals surface area contributed by atoms with Crippen molar-refractivity contribution in [3.8, 4) is 0 Å². The first-order chi connectivity index (χ1) is 10.1. The van der Waals surface area contributed by atoms with Crippen LogP contribution in [0.1, 0.15) is 16.2 Å². The molecule has 5 heteroatoms. The first kappa shape index (κ1) is 13.8. The number of H-pyrrole nitrogens is 1. The van der Waals surface area contributed by atoms with E-state index in [0.29, 0.717) is 12.1 Å². The van der Waals surface area contributed by atoms with E-state index in [-0.39, 0.29) is 5.91 Å². The molecule has 21 heavy (non-hydrogen) atoms. The fourth-order valence-corrected chi connectivity index (χ4v) is 2.63. The number of carbonyl (C=O) groups is 1. The van der Waals surface area contributed by atoms with Crippen LogP contribution < -0.4 is 0 Å². The maximum Gasteiger partial charge on any atom is 0.254 e. The van der Waals surface area contributed by atoms with Gasteiger partial charge in [0.15, 0.2) is 0 Å². The van der Waals surface area contributed by atoms with Crippen molar-refractivity contribution in [3.05, 3.63) is 64.7 Å². The molecule has 1 heterocycles. The van der Waals surface area contributed by atoms with E-state index in [2.05, 4.69) is 25.9 Å². The highest BCUT2D eigenvalue weighted by atomic mass is 79.9. The Labute approximate surface area is 130 Å². The molecule has 0 aliphatic rings. The normalized spacial score (nSPS) is 10.8. The second kappa shape index (κ2) is 5.69. The van der Waals surface area contributed by atoms with Gasteiger partial charge in [-0.15, -0.1) is 0 Å². The Morgan fingerprint density at radius 3 is 2.76 bits per heavy atom. The Morgan fingerprint density at radius 2 is 2.00 bits per heavy atom. The number of halogens is 1. The molecule has 4 nitrogen and oxygen atoms in total. The van der Waals surface area contributed by atoms with Crippen LogP contribution in [0, 0.1) is 0 Å². The molecule has 0 unspecified atom stereocenters. The van der Waals surface area contributed by atoms with Crippen LogP contribution in [-0.4, -0.2) is 27.8 Å². The van der Waals surface area contributed by atoms with Gasteiger partial charge in [-0.05, 0) is 35.0 Å². The summed E-state index contributed by atoms with van der Waals surface area (Å²) in [5.74, 6) is 0.756. The third-order valence-electron chi connectivity index (χ3n) is 3.34. The molecule has 0 aliphatic heterocycles. The molecular formula is C16H14BrN3O. The van der Waals surface area contributed by atoms with Crippen molar-refractivity contribution in [1.82, 2.24) is 14.9 Å². The van der Waals surface area contributed by atoms with E-state index in [1.807, 2.05) is 36.4 Å². The van der Waals surface area contributed by atoms with Crippen LogP contribution in [0.3, 0.4) is 0 Å². The number of nitrogens with zero attached hydrogens (tertiary/aromatic N) is 2. The number of hydrogen-bond acceptors (Lipinski definition) is 2. The number of rotatable bonds is 3. The maximum atomic E-state index is 12.5. The lowest BCUT2D eigenvalue weighted by atomic mass is 10.1. The van der Waals surface area contributed by atoms with Crippen LogP contribution in [-0.2, 0) is 6.54 Å². The number of benzene rings is 2. The third-order valence-corrected chi connectivity index (χ3v) is 3.83. The first-order valence-corrected chi connectivity index (χ1v) is 7.36. The second-order valence-corrected chi connectivity index (χ2v) is 5.82. The molecule has 3 rings (SSSR count). The summed E-state index contributed by atoms with van der Waals surface area (Å²) in [6, 6.07) is 11.8. The van der Waals surface area contributed by atoms with Crippen LogP contribution in [0.5, 0.6) is 0 Å². The molecule has 106 valence electrons. The zero-order chi connectivity index (χ0) is 14.8. The Kier molecular flexibility index (Phi) is 3.75. The highest BCUT2D eigenvalue weighted by Gasteiger charge is 2.13. The van der Waals surface area contributed by atoms with Gasteiger partial charge in [-0.3, -0.25) is 4.79 Å². The topological polar surface area (TPSA) is 49.0 Å². The predicted octanol–water partition coefficient (Wildman–Crippen LogP) is 3.60. The first-order valence-electron chi connectivity index (χ1n) is 6.56. The van der Waals surface area contributed by atoms with Crippen molar-refractivity contribution in [2.24, 2.45) is 0 Å². The number of nitrogens with one attached hydrogen (secondary N) is 1. The lowest BCUT2D eigenvalue weighted by Gasteiger charge is -2.16. The smallest absolute Gasteiger partial charge is 0.254 e. The van der Waals surface area contributed by atoms with Gasteiger partial charge in [0.05, 0.1) is 6.54 Å². The molecule has 0 aliphatic carbocycles. The van der Waals surface area contributed by atoms with E-state index in [1.165, 1.54) is 0 Å². The SMILES string of the molecule is CN(Cc1ncc[nH]1)C(=O)c1ccc2cc(Br)ccc2c1. The molecule has 0 saturated heterocycles. The molecular weight excluding hydrogens is 330 g/mol. The van der Waals surface area contributed by atoms with Crippen molar-refractivity contribution >= 4 is 32.6 Å². The quantitative estimate of drug-likeness (QED) is 0.789. The third kappa shape index (κ3) is 2.97. The summed E-state index contributed by atoms with van der Waals surface area (Å²) < 4.78 is 1.03. The monoisotopic (exact) mass is 343 g/mol. The number of imidazole rings is 1. The summed E-state index contributed by atoms with van der Waals surface area (Å²) >= 11 is 3.45. The fraction of sp³-hybridized carbons (Fsp3) is 0.125. The average molecular weight is 344 g/mol. The minimum absolute atomic E-state index is 0.0174. The van der Waals surface area contributed by atoms with Gasteiger partial charge in [0.25, 0.3) is 5.91 Å². The van der Waals surface area contributed by atoms with E-state index in [9.17, 15) is 4.79 Å². The van der Waals surface area contributed by atoms with Gasteiger partial charge in [-0.1, -0.05) is 28.1 Å². The van der Waals surface area contributed by atoms with Crippen LogP contribution >= 0.6 is 15.9 Å². The van der Waals surface area contributed by atoms with Gasteiger partial charge >= 0.3 is 0 Å². The molecule has 3 aromatic rings. The molecule has 1 aromatic heterocycles. The summed E-state index contributed by atoms with van der Waals surface area (Å²) in [5.41, 5.74) is 0.680. The largest absolute Gasteiger partial charge is 0.347 e. The predicted molar refractivity (Wildman–Crippen MR) is 86.0 cm³/mol. The number of aromatic amines is 1. The lowest BCUT2D eigenvalue weighted by molar-refractivity contribution is 0.0782. The minimum atomic E-state index is -0.0174. The van der Waals surface area contributed by atoms with E-state index >= 15 is 0 Å². The molecule has 0 saturated carbocycles. The average Bonchev–Trinajstić information content (AvgIpc) is 2.98. The molecule has 0 atom stereocenters. The van der Waals surface area contributed by atoms with E-state index in [4.69, 9.17) is 0 Å². The Morgan fingerprint density at radius 1 is 1.24 bits per heavy atom. The van der Waals surface area contributed by atoms with E-state index in [1.54, 1.807) is 24.3 Å². The van der Waals surface area contributed by atoms with Gasteiger partial charge in [0.1, 0.15) is 5.82 Å². The molecule has 0 spiro atoms.